The maximum atomic E-state index is 14.2. The molecule has 3 rings (SSSR count). The molecule has 0 aromatic heterocycles. The number of rotatable bonds is 5. The molecule has 1 aromatic rings. The van der Waals surface area contributed by atoms with E-state index < -0.39 is 0 Å². The molecule has 1 aromatic carbocycles. The molecule has 1 saturated heterocycles. The molecule has 1 saturated carbocycles. The number of carbonyl (C=O) groups excluding carboxylic acids is 1. The van der Waals surface area contributed by atoms with Crippen molar-refractivity contribution in [1.29, 1.82) is 0 Å². The van der Waals surface area contributed by atoms with Crippen LogP contribution in [0.3, 0.4) is 0 Å². The highest BCUT2D eigenvalue weighted by Crippen LogP contribution is 2.36. The van der Waals surface area contributed by atoms with Gasteiger partial charge in [0.2, 0.25) is 5.91 Å². The Morgan fingerprint density at radius 1 is 1.35 bits per heavy atom. The van der Waals surface area contributed by atoms with Gasteiger partial charge < -0.3 is 15.4 Å². The first kappa shape index (κ1) is 16.4. The molecule has 2 N–H and O–H groups in total. The Morgan fingerprint density at radius 2 is 2.13 bits per heavy atom. The molecule has 5 heteroatoms. The van der Waals surface area contributed by atoms with Crippen LogP contribution in [0.1, 0.15) is 43.7 Å². The third-order valence-electron chi connectivity index (χ3n) is 4.86. The van der Waals surface area contributed by atoms with Crippen LogP contribution < -0.4 is 10.6 Å². The van der Waals surface area contributed by atoms with Crippen molar-refractivity contribution in [2.24, 2.45) is 5.92 Å². The molecule has 0 radical (unpaired) electrons. The zero-order valence-corrected chi connectivity index (χ0v) is 13.4. The lowest BCUT2D eigenvalue weighted by Gasteiger charge is -2.28. The normalized spacial score (nSPS) is 23.6. The summed E-state index contributed by atoms with van der Waals surface area (Å²) in [5.41, 5.74) is 0.612. The summed E-state index contributed by atoms with van der Waals surface area (Å²) in [6, 6.07) is 6.61. The Bertz CT molecular complexity index is 526. The molecule has 1 heterocycles. The van der Waals surface area contributed by atoms with E-state index in [-0.39, 0.29) is 23.8 Å². The fourth-order valence-corrected chi connectivity index (χ4v) is 3.67. The van der Waals surface area contributed by atoms with E-state index in [1.165, 1.54) is 6.07 Å². The Kier molecular flexibility index (Phi) is 5.62. The summed E-state index contributed by atoms with van der Waals surface area (Å²) in [6.45, 7) is 2.02. The quantitative estimate of drug-likeness (QED) is 0.876. The maximum Gasteiger partial charge on any atom is 0.222 e. The van der Waals surface area contributed by atoms with E-state index >= 15 is 0 Å². The molecule has 1 amide bonds. The average Bonchev–Trinajstić information content (AvgIpc) is 3.09. The first-order valence-corrected chi connectivity index (χ1v) is 8.59. The second-order valence-corrected chi connectivity index (χ2v) is 6.54. The average molecular weight is 320 g/mol. The van der Waals surface area contributed by atoms with Crippen molar-refractivity contribution in [3.63, 3.8) is 0 Å². The molecule has 2 aliphatic rings. The zero-order valence-electron chi connectivity index (χ0n) is 13.4. The smallest absolute Gasteiger partial charge is 0.222 e. The predicted molar refractivity (Wildman–Crippen MR) is 86.5 cm³/mol. The molecular formula is C18H25FN2O2. The summed E-state index contributed by atoms with van der Waals surface area (Å²) in [5.74, 6) is 0.0587. The van der Waals surface area contributed by atoms with Gasteiger partial charge in [-0.2, -0.15) is 0 Å². The van der Waals surface area contributed by atoms with Gasteiger partial charge in [0.05, 0.1) is 19.3 Å². The molecule has 2 fully saturated rings. The number of ether oxygens (including phenoxy) is 1. The fraction of sp³-hybridized carbons (Fsp3) is 0.611. The third-order valence-corrected chi connectivity index (χ3v) is 4.86. The van der Waals surface area contributed by atoms with Crippen LogP contribution >= 0.6 is 0 Å². The highest BCUT2D eigenvalue weighted by Gasteiger charge is 2.30. The number of amides is 1. The molecule has 4 nitrogen and oxygen atoms in total. The molecule has 126 valence electrons. The van der Waals surface area contributed by atoms with E-state index in [1.54, 1.807) is 12.1 Å². The van der Waals surface area contributed by atoms with E-state index in [0.29, 0.717) is 31.1 Å². The van der Waals surface area contributed by atoms with Gasteiger partial charge in [0.1, 0.15) is 5.82 Å². The van der Waals surface area contributed by atoms with Crippen molar-refractivity contribution < 1.29 is 13.9 Å². The van der Waals surface area contributed by atoms with Crippen molar-refractivity contribution in [2.75, 3.05) is 19.8 Å². The second-order valence-electron chi connectivity index (χ2n) is 6.54. The minimum Gasteiger partial charge on any atom is -0.378 e. The lowest BCUT2D eigenvalue weighted by atomic mass is 9.91. The topological polar surface area (TPSA) is 50.4 Å². The highest BCUT2D eigenvalue weighted by molar-refractivity contribution is 5.77. The summed E-state index contributed by atoms with van der Waals surface area (Å²) in [4.78, 5) is 12.4. The number of hydrogen-bond donors (Lipinski definition) is 2. The van der Waals surface area contributed by atoms with Crippen molar-refractivity contribution in [2.45, 2.75) is 44.2 Å². The number of nitrogens with one attached hydrogen (secondary N) is 2. The minimum absolute atomic E-state index is 0.0341. The summed E-state index contributed by atoms with van der Waals surface area (Å²) in [6.07, 6.45) is 4.78. The van der Waals surface area contributed by atoms with Crippen LogP contribution in [0, 0.1) is 11.7 Å². The molecule has 23 heavy (non-hydrogen) atoms. The Balaban J connectivity index is 1.68. The SMILES string of the molecule is O=C(CC1COCCN1)NC(c1ccccc1F)C1CCCC1. The van der Waals surface area contributed by atoms with E-state index in [4.69, 9.17) is 4.74 Å². The largest absolute Gasteiger partial charge is 0.378 e. The number of morpholine rings is 1. The molecule has 0 bridgehead atoms. The van der Waals surface area contributed by atoms with Gasteiger partial charge >= 0.3 is 0 Å². The van der Waals surface area contributed by atoms with Gasteiger partial charge in [0.25, 0.3) is 0 Å². The van der Waals surface area contributed by atoms with Crippen LogP contribution in [-0.4, -0.2) is 31.7 Å². The summed E-state index contributed by atoms with van der Waals surface area (Å²) in [5, 5.41) is 6.37. The minimum atomic E-state index is -0.233. The molecule has 2 unspecified atom stereocenters. The van der Waals surface area contributed by atoms with Crippen LogP contribution in [0.5, 0.6) is 0 Å². The molecule has 2 atom stereocenters. The van der Waals surface area contributed by atoms with Gasteiger partial charge in [-0.3, -0.25) is 4.79 Å². The monoisotopic (exact) mass is 320 g/mol. The van der Waals surface area contributed by atoms with E-state index in [1.807, 2.05) is 6.07 Å². The fourth-order valence-electron chi connectivity index (χ4n) is 3.67. The van der Waals surface area contributed by atoms with Gasteiger partial charge in [0.15, 0.2) is 0 Å². The third kappa shape index (κ3) is 4.30. The summed E-state index contributed by atoms with van der Waals surface area (Å²) < 4.78 is 19.6. The maximum absolute atomic E-state index is 14.2. The van der Waals surface area contributed by atoms with Gasteiger partial charge in [-0.05, 0) is 24.8 Å². The number of benzene rings is 1. The van der Waals surface area contributed by atoms with Gasteiger partial charge in [-0.1, -0.05) is 31.0 Å². The molecule has 0 spiro atoms. The number of halogens is 1. The Labute approximate surface area is 136 Å². The highest BCUT2D eigenvalue weighted by atomic mass is 19.1. The number of hydrogen-bond acceptors (Lipinski definition) is 3. The van der Waals surface area contributed by atoms with Crippen LogP contribution in [0.15, 0.2) is 24.3 Å². The van der Waals surface area contributed by atoms with E-state index in [9.17, 15) is 9.18 Å². The second kappa shape index (κ2) is 7.88. The van der Waals surface area contributed by atoms with E-state index in [2.05, 4.69) is 10.6 Å². The lowest BCUT2D eigenvalue weighted by Crippen LogP contribution is -2.45. The van der Waals surface area contributed by atoms with Crippen molar-refractivity contribution in [1.82, 2.24) is 10.6 Å². The predicted octanol–water partition coefficient (Wildman–Crippen LogP) is 2.55. The Hall–Kier alpha value is -1.46. The first-order chi connectivity index (χ1) is 11.2. The zero-order chi connectivity index (χ0) is 16.1. The van der Waals surface area contributed by atoms with E-state index in [0.717, 1.165) is 32.2 Å². The van der Waals surface area contributed by atoms with Crippen molar-refractivity contribution in [3.8, 4) is 0 Å². The van der Waals surface area contributed by atoms with Gasteiger partial charge in [0, 0.05) is 24.6 Å². The van der Waals surface area contributed by atoms with Crippen LogP contribution in [0.25, 0.3) is 0 Å². The first-order valence-electron chi connectivity index (χ1n) is 8.59. The molecule has 1 aliphatic heterocycles. The lowest BCUT2D eigenvalue weighted by molar-refractivity contribution is -0.123. The van der Waals surface area contributed by atoms with Gasteiger partial charge in [-0.15, -0.1) is 0 Å². The van der Waals surface area contributed by atoms with Crippen molar-refractivity contribution in [3.05, 3.63) is 35.6 Å². The van der Waals surface area contributed by atoms with Crippen LogP contribution in [0.2, 0.25) is 0 Å². The van der Waals surface area contributed by atoms with Crippen molar-refractivity contribution >= 4 is 5.91 Å². The summed E-state index contributed by atoms with van der Waals surface area (Å²) >= 11 is 0. The van der Waals surface area contributed by atoms with Crippen LogP contribution in [-0.2, 0) is 9.53 Å². The molecule has 1 aliphatic carbocycles. The van der Waals surface area contributed by atoms with Gasteiger partial charge in [-0.25, -0.2) is 4.39 Å². The summed E-state index contributed by atoms with van der Waals surface area (Å²) in [7, 11) is 0. The molecular weight excluding hydrogens is 295 g/mol. The van der Waals surface area contributed by atoms with Crippen LogP contribution in [0.4, 0.5) is 4.39 Å². The standard InChI is InChI=1S/C18H25FN2O2/c19-16-8-4-3-7-15(16)18(13-5-1-2-6-13)21-17(22)11-14-12-23-10-9-20-14/h3-4,7-8,13-14,18,20H,1-2,5-6,9-12H2,(H,21,22). The number of carbonyl (C=O) groups is 1. The Morgan fingerprint density at radius 3 is 2.83 bits per heavy atom.